The summed E-state index contributed by atoms with van der Waals surface area (Å²) in [4.78, 5) is 6.91. The molecule has 1 aromatic heterocycles. The molecule has 2 N–H and O–H groups in total. The average molecular weight is 231 g/mol. The van der Waals surface area contributed by atoms with Gasteiger partial charge in [-0.05, 0) is 49.9 Å². The molecule has 0 amide bonds. The van der Waals surface area contributed by atoms with E-state index in [0.29, 0.717) is 6.54 Å². The number of piperidine rings is 1. The summed E-state index contributed by atoms with van der Waals surface area (Å²) < 4.78 is 0. The van der Waals surface area contributed by atoms with Crippen LogP contribution in [0.15, 0.2) is 24.9 Å². The SMILES string of the molecule is C=C(CCN)c1cccnc1N1CCCCC1. The Morgan fingerprint density at radius 3 is 2.82 bits per heavy atom. The van der Waals surface area contributed by atoms with Crippen molar-refractivity contribution in [2.24, 2.45) is 5.73 Å². The van der Waals surface area contributed by atoms with E-state index < -0.39 is 0 Å². The summed E-state index contributed by atoms with van der Waals surface area (Å²) >= 11 is 0. The number of hydrogen-bond donors (Lipinski definition) is 1. The molecule has 0 aromatic carbocycles. The predicted molar refractivity (Wildman–Crippen MR) is 73.0 cm³/mol. The van der Waals surface area contributed by atoms with Crippen LogP contribution < -0.4 is 10.6 Å². The van der Waals surface area contributed by atoms with Crippen LogP contribution in [0.25, 0.3) is 5.57 Å². The summed E-state index contributed by atoms with van der Waals surface area (Å²) in [5.74, 6) is 1.09. The molecule has 1 aromatic rings. The second kappa shape index (κ2) is 5.82. The van der Waals surface area contributed by atoms with E-state index in [-0.39, 0.29) is 0 Å². The zero-order valence-corrected chi connectivity index (χ0v) is 10.4. The van der Waals surface area contributed by atoms with Crippen LogP contribution >= 0.6 is 0 Å². The van der Waals surface area contributed by atoms with Crippen molar-refractivity contribution in [2.75, 3.05) is 24.5 Å². The zero-order valence-electron chi connectivity index (χ0n) is 10.4. The molecular formula is C14H21N3. The molecule has 2 rings (SSSR count). The fraction of sp³-hybridized carbons (Fsp3) is 0.500. The maximum absolute atomic E-state index is 5.60. The summed E-state index contributed by atoms with van der Waals surface area (Å²) in [5, 5.41) is 0. The van der Waals surface area contributed by atoms with E-state index in [0.717, 1.165) is 30.9 Å². The summed E-state index contributed by atoms with van der Waals surface area (Å²) in [5.41, 5.74) is 7.87. The second-order valence-electron chi connectivity index (χ2n) is 4.56. The third-order valence-corrected chi connectivity index (χ3v) is 3.27. The third kappa shape index (κ3) is 2.86. The molecule has 1 fully saturated rings. The Balaban J connectivity index is 2.23. The van der Waals surface area contributed by atoms with Crippen LogP contribution in [-0.4, -0.2) is 24.6 Å². The van der Waals surface area contributed by atoms with Gasteiger partial charge in [0.05, 0.1) is 0 Å². The first kappa shape index (κ1) is 12.1. The molecule has 3 heteroatoms. The van der Waals surface area contributed by atoms with Crippen molar-refractivity contribution >= 4 is 11.4 Å². The lowest BCUT2D eigenvalue weighted by atomic mass is 10.0. The Labute approximate surface area is 103 Å². The maximum atomic E-state index is 5.60. The monoisotopic (exact) mass is 231 g/mol. The molecular weight excluding hydrogens is 210 g/mol. The minimum atomic E-state index is 0.646. The molecule has 0 aliphatic carbocycles. The Hall–Kier alpha value is -1.35. The highest BCUT2D eigenvalue weighted by molar-refractivity contribution is 5.73. The quantitative estimate of drug-likeness (QED) is 0.865. The normalized spacial score (nSPS) is 15.9. The van der Waals surface area contributed by atoms with Crippen LogP contribution in [0.4, 0.5) is 5.82 Å². The molecule has 2 heterocycles. The standard InChI is InChI=1S/C14H21N3/c1-12(7-8-15)13-6-5-9-16-14(13)17-10-3-2-4-11-17/h5-6,9H,1-4,7-8,10-11,15H2. The van der Waals surface area contributed by atoms with E-state index in [1.807, 2.05) is 12.3 Å². The second-order valence-corrected chi connectivity index (χ2v) is 4.56. The molecule has 17 heavy (non-hydrogen) atoms. The summed E-state index contributed by atoms with van der Waals surface area (Å²) in [6.45, 7) is 6.99. The van der Waals surface area contributed by atoms with Gasteiger partial charge in [-0.15, -0.1) is 0 Å². The number of pyridine rings is 1. The van der Waals surface area contributed by atoms with E-state index in [1.165, 1.54) is 24.8 Å². The fourth-order valence-electron chi connectivity index (χ4n) is 2.34. The highest BCUT2D eigenvalue weighted by atomic mass is 15.2. The van der Waals surface area contributed by atoms with Crippen molar-refractivity contribution in [3.05, 3.63) is 30.5 Å². The van der Waals surface area contributed by atoms with Gasteiger partial charge >= 0.3 is 0 Å². The minimum Gasteiger partial charge on any atom is -0.356 e. The highest BCUT2D eigenvalue weighted by Crippen LogP contribution is 2.27. The molecule has 0 atom stereocenters. The highest BCUT2D eigenvalue weighted by Gasteiger charge is 2.16. The molecule has 0 bridgehead atoms. The first-order chi connectivity index (χ1) is 8.33. The molecule has 1 saturated heterocycles. The fourth-order valence-corrected chi connectivity index (χ4v) is 2.34. The number of nitrogens with zero attached hydrogens (tertiary/aromatic N) is 2. The van der Waals surface area contributed by atoms with Crippen LogP contribution in [0, 0.1) is 0 Å². The van der Waals surface area contributed by atoms with Gasteiger partial charge in [-0.3, -0.25) is 0 Å². The topological polar surface area (TPSA) is 42.1 Å². The maximum Gasteiger partial charge on any atom is 0.136 e. The van der Waals surface area contributed by atoms with Gasteiger partial charge in [0, 0.05) is 24.8 Å². The van der Waals surface area contributed by atoms with Gasteiger partial charge in [0.1, 0.15) is 5.82 Å². The van der Waals surface area contributed by atoms with Gasteiger partial charge in [-0.25, -0.2) is 4.98 Å². The van der Waals surface area contributed by atoms with Gasteiger partial charge in [0.2, 0.25) is 0 Å². The van der Waals surface area contributed by atoms with Gasteiger partial charge < -0.3 is 10.6 Å². The lowest BCUT2D eigenvalue weighted by Gasteiger charge is -2.29. The number of hydrogen-bond acceptors (Lipinski definition) is 3. The molecule has 1 aliphatic heterocycles. The number of anilines is 1. The Morgan fingerprint density at radius 1 is 1.35 bits per heavy atom. The largest absolute Gasteiger partial charge is 0.356 e. The molecule has 0 unspecified atom stereocenters. The lowest BCUT2D eigenvalue weighted by Crippen LogP contribution is -2.31. The first-order valence-electron chi connectivity index (χ1n) is 6.41. The number of rotatable bonds is 4. The smallest absolute Gasteiger partial charge is 0.136 e. The minimum absolute atomic E-state index is 0.646. The number of nitrogens with two attached hydrogens (primary N) is 1. The molecule has 1 aliphatic rings. The van der Waals surface area contributed by atoms with Gasteiger partial charge in [-0.2, -0.15) is 0 Å². The molecule has 0 saturated carbocycles. The van der Waals surface area contributed by atoms with E-state index in [1.54, 1.807) is 0 Å². The third-order valence-electron chi connectivity index (χ3n) is 3.27. The van der Waals surface area contributed by atoms with Crippen LogP contribution in [0.1, 0.15) is 31.2 Å². The first-order valence-corrected chi connectivity index (χ1v) is 6.41. The van der Waals surface area contributed by atoms with Crippen molar-refractivity contribution in [1.82, 2.24) is 4.98 Å². The average Bonchev–Trinajstić information content (AvgIpc) is 2.40. The zero-order chi connectivity index (χ0) is 12.1. The van der Waals surface area contributed by atoms with Gasteiger partial charge in [0.15, 0.2) is 0 Å². The Morgan fingerprint density at radius 2 is 2.12 bits per heavy atom. The van der Waals surface area contributed by atoms with Crippen LogP contribution in [0.2, 0.25) is 0 Å². The van der Waals surface area contributed by atoms with E-state index >= 15 is 0 Å². The van der Waals surface area contributed by atoms with E-state index in [4.69, 9.17) is 5.73 Å². The van der Waals surface area contributed by atoms with Crippen LogP contribution in [-0.2, 0) is 0 Å². The summed E-state index contributed by atoms with van der Waals surface area (Å²) in [7, 11) is 0. The summed E-state index contributed by atoms with van der Waals surface area (Å²) in [6, 6.07) is 4.08. The van der Waals surface area contributed by atoms with Crippen molar-refractivity contribution < 1.29 is 0 Å². The van der Waals surface area contributed by atoms with Crippen molar-refractivity contribution in [3.8, 4) is 0 Å². The molecule has 3 nitrogen and oxygen atoms in total. The van der Waals surface area contributed by atoms with Gasteiger partial charge in [-0.1, -0.05) is 6.58 Å². The lowest BCUT2D eigenvalue weighted by molar-refractivity contribution is 0.573. The van der Waals surface area contributed by atoms with Crippen LogP contribution in [0.3, 0.4) is 0 Å². The molecule has 0 radical (unpaired) electrons. The summed E-state index contributed by atoms with van der Waals surface area (Å²) in [6.07, 6.45) is 6.57. The molecule has 92 valence electrons. The van der Waals surface area contributed by atoms with E-state index in [2.05, 4.69) is 22.5 Å². The number of aromatic nitrogens is 1. The van der Waals surface area contributed by atoms with Crippen molar-refractivity contribution in [2.45, 2.75) is 25.7 Å². The Bertz CT molecular complexity index is 381. The Kier molecular flexibility index (Phi) is 4.15. The van der Waals surface area contributed by atoms with Crippen molar-refractivity contribution in [3.63, 3.8) is 0 Å². The van der Waals surface area contributed by atoms with E-state index in [9.17, 15) is 0 Å². The molecule has 0 spiro atoms. The van der Waals surface area contributed by atoms with Crippen LogP contribution in [0.5, 0.6) is 0 Å². The predicted octanol–water partition coefficient (Wildman–Crippen LogP) is 2.43. The van der Waals surface area contributed by atoms with Crippen molar-refractivity contribution in [1.29, 1.82) is 0 Å². The van der Waals surface area contributed by atoms with Gasteiger partial charge in [0.25, 0.3) is 0 Å².